The third kappa shape index (κ3) is 1.61. The molecule has 0 saturated carbocycles. The molecule has 2 aliphatic rings. The third-order valence-corrected chi connectivity index (χ3v) is 3.97. The molecule has 2 saturated heterocycles. The summed E-state index contributed by atoms with van der Waals surface area (Å²) in [5, 5.41) is 0. The first kappa shape index (κ1) is 11.5. The number of amides is 1. The van der Waals surface area contributed by atoms with Crippen molar-refractivity contribution in [1.82, 2.24) is 14.5 Å². The Labute approximate surface area is 114 Å². The van der Waals surface area contributed by atoms with Crippen LogP contribution in [0.15, 0.2) is 30.6 Å². The number of aromatic nitrogens is 2. The third-order valence-electron chi connectivity index (χ3n) is 3.97. The SMILES string of the molecule is O=C1O[C@H]2C[C@@H]1N(C(=O)Cn1cnc3ccccc31)C2. The van der Waals surface area contributed by atoms with Crippen molar-refractivity contribution >= 4 is 22.9 Å². The summed E-state index contributed by atoms with van der Waals surface area (Å²) >= 11 is 0. The number of hydrogen-bond acceptors (Lipinski definition) is 4. The zero-order valence-electron chi connectivity index (χ0n) is 10.7. The molecule has 1 amide bonds. The van der Waals surface area contributed by atoms with Crippen molar-refractivity contribution in [2.75, 3.05) is 6.54 Å². The lowest BCUT2D eigenvalue weighted by atomic mass is 10.2. The number of morpholine rings is 1. The Bertz CT molecular complexity index is 709. The Hall–Kier alpha value is -2.37. The standard InChI is InChI=1S/C14H13N3O3/c18-13(17-6-9-5-12(17)14(19)20-9)7-16-8-15-10-3-1-2-4-11(10)16/h1-4,8-9,12H,5-7H2/t9-,12-/m0/s1. The summed E-state index contributed by atoms with van der Waals surface area (Å²) in [6.07, 6.45) is 2.18. The maximum absolute atomic E-state index is 12.4. The smallest absolute Gasteiger partial charge is 0.329 e. The first-order chi connectivity index (χ1) is 9.72. The number of ether oxygens (including phenoxy) is 1. The second-order valence-electron chi connectivity index (χ2n) is 5.22. The average Bonchev–Trinajstić information content (AvgIpc) is 3.12. The van der Waals surface area contributed by atoms with Gasteiger partial charge in [0.1, 0.15) is 18.7 Å². The number of carbonyl (C=O) groups is 2. The molecule has 0 radical (unpaired) electrons. The lowest BCUT2D eigenvalue weighted by Gasteiger charge is -2.25. The summed E-state index contributed by atoms with van der Waals surface area (Å²) in [7, 11) is 0. The van der Waals surface area contributed by atoms with E-state index < -0.39 is 0 Å². The molecule has 1 aromatic carbocycles. The lowest BCUT2D eigenvalue weighted by Crippen LogP contribution is -2.45. The van der Waals surface area contributed by atoms with E-state index in [9.17, 15) is 9.59 Å². The Morgan fingerprint density at radius 2 is 2.25 bits per heavy atom. The zero-order chi connectivity index (χ0) is 13.7. The first-order valence-corrected chi connectivity index (χ1v) is 6.62. The van der Waals surface area contributed by atoms with Gasteiger partial charge in [-0.15, -0.1) is 0 Å². The highest BCUT2D eigenvalue weighted by Gasteiger charge is 2.48. The number of fused-ring (bicyclic) bond motifs is 3. The van der Waals surface area contributed by atoms with Gasteiger partial charge in [0.2, 0.25) is 5.91 Å². The van der Waals surface area contributed by atoms with Gasteiger partial charge in [0, 0.05) is 6.42 Å². The molecule has 3 heterocycles. The molecule has 20 heavy (non-hydrogen) atoms. The summed E-state index contributed by atoms with van der Waals surface area (Å²) in [5.74, 6) is -0.331. The van der Waals surface area contributed by atoms with Crippen LogP contribution in [-0.4, -0.2) is 45.0 Å². The number of para-hydroxylation sites is 2. The van der Waals surface area contributed by atoms with Gasteiger partial charge in [-0.3, -0.25) is 4.79 Å². The quantitative estimate of drug-likeness (QED) is 0.749. The minimum Gasteiger partial charge on any atom is -0.459 e. The molecular weight excluding hydrogens is 258 g/mol. The van der Waals surface area contributed by atoms with Gasteiger partial charge in [0.05, 0.1) is 23.9 Å². The molecule has 102 valence electrons. The first-order valence-electron chi connectivity index (χ1n) is 6.62. The summed E-state index contributed by atoms with van der Waals surface area (Å²) < 4.78 is 6.91. The summed E-state index contributed by atoms with van der Waals surface area (Å²) in [5.41, 5.74) is 1.79. The second kappa shape index (κ2) is 4.06. The molecule has 0 unspecified atom stereocenters. The predicted molar refractivity (Wildman–Crippen MR) is 69.7 cm³/mol. The van der Waals surface area contributed by atoms with E-state index in [1.807, 2.05) is 28.8 Å². The average molecular weight is 271 g/mol. The molecule has 2 bridgehead atoms. The highest BCUT2D eigenvalue weighted by molar-refractivity contribution is 5.88. The Kier molecular flexibility index (Phi) is 2.33. The largest absolute Gasteiger partial charge is 0.459 e. The molecular formula is C14H13N3O3. The van der Waals surface area contributed by atoms with Gasteiger partial charge in [0.25, 0.3) is 0 Å². The van der Waals surface area contributed by atoms with Crippen LogP contribution in [0.25, 0.3) is 11.0 Å². The Morgan fingerprint density at radius 1 is 1.40 bits per heavy atom. The van der Waals surface area contributed by atoms with Crippen molar-refractivity contribution in [2.45, 2.75) is 25.1 Å². The fourth-order valence-corrected chi connectivity index (χ4v) is 3.00. The van der Waals surface area contributed by atoms with E-state index >= 15 is 0 Å². The molecule has 6 heteroatoms. The van der Waals surface area contributed by atoms with E-state index in [2.05, 4.69) is 4.98 Å². The van der Waals surface area contributed by atoms with Crippen LogP contribution in [0.2, 0.25) is 0 Å². The molecule has 2 atom stereocenters. The zero-order valence-corrected chi connectivity index (χ0v) is 10.7. The van der Waals surface area contributed by atoms with E-state index in [0.717, 1.165) is 11.0 Å². The van der Waals surface area contributed by atoms with Crippen LogP contribution in [0, 0.1) is 0 Å². The Balaban J connectivity index is 1.57. The van der Waals surface area contributed by atoms with Gasteiger partial charge < -0.3 is 14.2 Å². The number of likely N-dealkylation sites (tertiary alicyclic amines) is 1. The summed E-state index contributed by atoms with van der Waals surface area (Å²) in [6, 6.07) is 7.28. The van der Waals surface area contributed by atoms with Crippen LogP contribution < -0.4 is 0 Å². The number of benzene rings is 1. The number of esters is 1. The van der Waals surface area contributed by atoms with Crippen molar-refractivity contribution in [3.63, 3.8) is 0 Å². The highest BCUT2D eigenvalue weighted by Crippen LogP contribution is 2.29. The predicted octanol–water partition coefficient (Wildman–Crippen LogP) is 0.563. The fraction of sp³-hybridized carbons (Fsp3) is 0.357. The summed E-state index contributed by atoms with van der Waals surface area (Å²) in [4.78, 5) is 29.8. The van der Waals surface area contributed by atoms with Crippen LogP contribution in [0.3, 0.4) is 0 Å². The molecule has 1 aromatic heterocycles. The Morgan fingerprint density at radius 3 is 3.05 bits per heavy atom. The van der Waals surface area contributed by atoms with Crippen molar-refractivity contribution in [3.05, 3.63) is 30.6 Å². The topological polar surface area (TPSA) is 64.4 Å². The van der Waals surface area contributed by atoms with Crippen molar-refractivity contribution in [3.8, 4) is 0 Å². The second-order valence-corrected chi connectivity index (χ2v) is 5.22. The van der Waals surface area contributed by atoms with Crippen LogP contribution >= 0.6 is 0 Å². The maximum atomic E-state index is 12.4. The maximum Gasteiger partial charge on any atom is 0.329 e. The van der Waals surface area contributed by atoms with Crippen LogP contribution in [0.5, 0.6) is 0 Å². The van der Waals surface area contributed by atoms with Gasteiger partial charge in [-0.05, 0) is 12.1 Å². The van der Waals surface area contributed by atoms with Gasteiger partial charge in [-0.25, -0.2) is 9.78 Å². The molecule has 2 aliphatic heterocycles. The van der Waals surface area contributed by atoms with E-state index in [1.54, 1.807) is 11.2 Å². The van der Waals surface area contributed by atoms with E-state index in [1.165, 1.54) is 0 Å². The number of imidazole rings is 1. The fourth-order valence-electron chi connectivity index (χ4n) is 3.00. The van der Waals surface area contributed by atoms with Crippen molar-refractivity contribution < 1.29 is 14.3 Å². The van der Waals surface area contributed by atoms with Gasteiger partial charge >= 0.3 is 5.97 Å². The van der Waals surface area contributed by atoms with E-state index in [0.29, 0.717) is 13.0 Å². The number of rotatable bonds is 2. The van der Waals surface area contributed by atoms with Crippen LogP contribution in [0.4, 0.5) is 0 Å². The van der Waals surface area contributed by atoms with E-state index in [4.69, 9.17) is 4.74 Å². The number of carbonyl (C=O) groups excluding carboxylic acids is 2. The van der Waals surface area contributed by atoms with Crippen molar-refractivity contribution in [1.29, 1.82) is 0 Å². The molecule has 2 aromatic rings. The molecule has 0 spiro atoms. The molecule has 0 N–H and O–H groups in total. The number of nitrogens with zero attached hydrogens (tertiary/aromatic N) is 3. The number of hydrogen-bond donors (Lipinski definition) is 0. The molecule has 4 rings (SSSR count). The van der Waals surface area contributed by atoms with Gasteiger partial charge in [0.15, 0.2) is 0 Å². The highest BCUT2D eigenvalue weighted by atomic mass is 16.6. The lowest BCUT2D eigenvalue weighted by molar-refractivity contribution is -0.157. The van der Waals surface area contributed by atoms with Gasteiger partial charge in [-0.1, -0.05) is 12.1 Å². The summed E-state index contributed by atoms with van der Waals surface area (Å²) in [6.45, 7) is 0.721. The van der Waals surface area contributed by atoms with Crippen LogP contribution in [-0.2, 0) is 20.9 Å². The molecule has 2 fully saturated rings. The molecule has 0 aliphatic carbocycles. The van der Waals surface area contributed by atoms with Gasteiger partial charge in [-0.2, -0.15) is 0 Å². The van der Waals surface area contributed by atoms with Crippen LogP contribution in [0.1, 0.15) is 6.42 Å². The normalized spacial score (nSPS) is 24.4. The minimum absolute atomic E-state index is 0.0581. The minimum atomic E-state index is -0.387. The monoisotopic (exact) mass is 271 g/mol. The van der Waals surface area contributed by atoms with E-state index in [-0.39, 0.29) is 30.6 Å². The van der Waals surface area contributed by atoms with Crippen molar-refractivity contribution in [2.24, 2.45) is 0 Å². The molecule has 6 nitrogen and oxygen atoms in total.